The molecular weight excluding hydrogens is 210 g/mol. The maximum atomic E-state index is 5.17. The maximum absolute atomic E-state index is 5.17. The van der Waals surface area contributed by atoms with Crippen molar-refractivity contribution in [2.75, 3.05) is 0 Å². The van der Waals surface area contributed by atoms with E-state index in [1.165, 1.54) is 21.7 Å². The molecule has 0 saturated heterocycles. The van der Waals surface area contributed by atoms with Gasteiger partial charge in [-0.2, -0.15) is 0 Å². The Hall–Kier alpha value is -0.930. The lowest BCUT2D eigenvalue weighted by Gasteiger charge is -2.03. The van der Waals surface area contributed by atoms with E-state index >= 15 is 0 Å². The summed E-state index contributed by atoms with van der Waals surface area (Å²) < 4.78 is 0.886. The van der Waals surface area contributed by atoms with Crippen LogP contribution >= 0.6 is 23.6 Å². The molecule has 70 valence electrons. The minimum Gasteiger partial charge on any atom is -0.337 e. The topological polar surface area (TPSA) is 15.8 Å². The fourth-order valence-electron chi connectivity index (χ4n) is 2.09. The molecule has 0 fully saturated rings. The van der Waals surface area contributed by atoms with E-state index in [2.05, 4.69) is 36.2 Å². The van der Waals surface area contributed by atoms with E-state index in [1.54, 1.807) is 11.3 Å². The van der Waals surface area contributed by atoms with Crippen molar-refractivity contribution >= 4 is 23.6 Å². The molecule has 1 heterocycles. The second-order valence-electron chi connectivity index (χ2n) is 3.56. The Kier molecular flexibility index (Phi) is 1.66. The number of aromatic amines is 1. The summed E-state index contributed by atoms with van der Waals surface area (Å²) in [6.07, 6.45) is 0. The third kappa shape index (κ3) is 0.967. The van der Waals surface area contributed by atoms with Gasteiger partial charge in [0.05, 0.1) is 5.69 Å². The zero-order chi connectivity index (χ0) is 9.71. The molecular formula is C11H9NS2. The number of hydrogen-bond acceptors (Lipinski definition) is 2. The molecule has 1 aliphatic carbocycles. The molecule has 0 saturated carbocycles. The Bertz CT molecular complexity index is 550. The second kappa shape index (κ2) is 2.78. The Morgan fingerprint density at radius 3 is 3.00 bits per heavy atom. The van der Waals surface area contributed by atoms with Gasteiger partial charge in [-0.1, -0.05) is 31.2 Å². The molecule has 3 rings (SSSR count). The van der Waals surface area contributed by atoms with Gasteiger partial charge in [0.2, 0.25) is 0 Å². The van der Waals surface area contributed by atoms with Crippen LogP contribution in [0.25, 0.3) is 11.3 Å². The third-order valence-corrected chi connectivity index (χ3v) is 4.18. The molecule has 0 aliphatic heterocycles. The van der Waals surface area contributed by atoms with Gasteiger partial charge in [0.25, 0.3) is 0 Å². The Balaban J connectivity index is 2.39. The smallest absolute Gasteiger partial charge is 0.159 e. The highest BCUT2D eigenvalue weighted by molar-refractivity contribution is 7.73. The van der Waals surface area contributed by atoms with Crippen LogP contribution in [0.2, 0.25) is 0 Å². The molecule has 1 aromatic carbocycles. The van der Waals surface area contributed by atoms with E-state index in [4.69, 9.17) is 12.2 Å². The second-order valence-corrected chi connectivity index (χ2v) is 5.28. The van der Waals surface area contributed by atoms with Crippen LogP contribution in [0.3, 0.4) is 0 Å². The summed E-state index contributed by atoms with van der Waals surface area (Å²) in [4.78, 5) is 4.66. The van der Waals surface area contributed by atoms with Crippen LogP contribution in [-0.4, -0.2) is 4.98 Å². The highest BCUT2D eigenvalue weighted by Gasteiger charge is 2.27. The van der Waals surface area contributed by atoms with Gasteiger partial charge in [-0.05, 0) is 17.8 Å². The maximum Gasteiger partial charge on any atom is 0.159 e. The van der Waals surface area contributed by atoms with E-state index < -0.39 is 0 Å². The van der Waals surface area contributed by atoms with E-state index in [9.17, 15) is 0 Å². The van der Waals surface area contributed by atoms with Gasteiger partial charge in [0, 0.05) is 16.4 Å². The third-order valence-electron chi connectivity index (χ3n) is 2.77. The van der Waals surface area contributed by atoms with Crippen LogP contribution in [0.4, 0.5) is 0 Å². The van der Waals surface area contributed by atoms with Gasteiger partial charge >= 0.3 is 0 Å². The summed E-state index contributed by atoms with van der Waals surface area (Å²) in [5.41, 5.74) is 3.98. The van der Waals surface area contributed by atoms with Gasteiger partial charge in [0.1, 0.15) is 0 Å². The van der Waals surface area contributed by atoms with Crippen LogP contribution in [0.5, 0.6) is 0 Å². The number of aromatic nitrogens is 1. The standard InChI is InChI=1S/C11H9NS2/c1-6-7-4-2-3-5-8(7)9-10(6)14-11(13)12-9/h2-6H,1H3,(H,12,13). The Labute approximate surface area is 91.4 Å². The van der Waals surface area contributed by atoms with Crippen LogP contribution in [0.1, 0.15) is 23.3 Å². The highest BCUT2D eigenvalue weighted by Crippen LogP contribution is 2.45. The summed E-state index contributed by atoms with van der Waals surface area (Å²) in [5.74, 6) is 0.499. The number of benzene rings is 1. The predicted molar refractivity (Wildman–Crippen MR) is 62.5 cm³/mol. The average Bonchev–Trinajstić information content (AvgIpc) is 2.68. The van der Waals surface area contributed by atoms with Crippen molar-refractivity contribution in [2.45, 2.75) is 12.8 Å². The molecule has 14 heavy (non-hydrogen) atoms. The predicted octanol–water partition coefficient (Wildman–Crippen LogP) is 3.94. The summed E-state index contributed by atoms with van der Waals surface area (Å²) in [5, 5.41) is 0. The van der Waals surface area contributed by atoms with Gasteiger partial charge in [-0.15, -0.1) is 11.3 Å². The van der Waals surface area contributed by atoms with Gasteiger partial charge in [-0.25, -0.2) is 0 Å². The van der Waals surface area contributed by atoms with E-state index in [0.29, 0.717) is 5.92 Å². The molecule has 0 spiro atoms. The lowest BCUT2D eigenvalue weighted by atomic mass is 10.0. The molecule has 1 atom stereocenters. The van der Waals surface area contributed by atoms with Crippen molar-refractivity contribution in [3.8, 4) is 11.3 Å². The number of nitrogens with one attached hydrogen (secondary N) is 1. The van der Waals surface area contributed by atoms with Crippen molar-refractivity contribution in [1.82, 2.24) is 4.98 Å². The first-order chi connectivity index (χ1) is 6.77. The fourth-order valence-corrected chi connectivity index (χ4v) is 3.38. The first-order valence-corrected chi connectivity index (χ1v) is 5.82. The van der Waals surface area contributed by atoms with Gasteiger partial charge in [0.15, 0.2) is 3.95 Å². The SMILES string of the molecule is CC1c2ccccc2-c2[nH]c(=S)sc21. The highest BCUT2D eigenvalue weighted by atomic mass is 32.1. The molecule has 2 aromatic rings. The van der Waals surface area contributed by atoms with Crippen molar-refractivity contribution in [3.05, 3.63) is 38.7 Å². The zero-order valence-electron chi connectivity index (χ0n) is 7.70. The molecule has 0 bridgehead atoms. The molecule has 3 heteroatoms. The van der Waals surface area contributed by atoms with Crippen molar-refractivity contribution in [2.24, 2.45) is 0 Å². The number of H-pyrrole nitrogens is 1. The first-order valence-electron chi connectivity index (χ1n) is 4.59. The molecule has 1 nitrogen and oxygen atoms in total. The normalized spacial score (nSPS) is 17.9. The quantitative estimate of drug-likeness (QED) is 0.664. The number of rotatable bonds is 0. The summed E-state index contributed by atoms with van der Waals surface area (Å²) in [6.45, 7) is 2.24. The fraction of sp³-hybridized carbons (Fsp3) is 0.182. The van der Waals surface area contributed by atoms with Crippen molar-refractivity contribution in [1.29, 1.82) is 0 Å². The van der Waals surface area contributed by atoms with Crippen LogP contribution in [-0.2, 0) is 0 Å². The minimum atomic E-state index is 0.499. The molecule has 0 radical (unpaired) electrons. The molecule has 1 N–H and O–H groups in total. The summed E-state index contributed by atoms with van der Waals surface area (Å²) in [7, 11) is 0. The zero-order valence-corrected chi connectivity index (χ0v) is 9.34. The van der Waals surface area contributed by atoms with Crippen LogP contribution in [0.15, 0.2) is 24.3 Å². The van der Waals surface area contributed by atoms with Crippen molar-refractivity contribution < 1.29 is 0 Å². The average molecular weight is 219 g/mol. The minimum absolute atomic E-state index is 0.499. The number of fused-ring (bicyclic) bond motifs is 3. The van der Waals surface area contributed by atoms with Crippen molar-refractivity contribution in [3.63, 3.8) is 0 Å². The van der Waals surface area contributed by atoms with E-state index in [-0.39, 0.29) is 0 Å². The lowest BCUT2D eigenvalue weighted by Crippen LogP contribution is -1.86. The first kappa shape index (κ1) is 8.38. The molecule has 1 aliphatic rings. The Morgan fingerprint density at radius 1 is 1.36 bits per heavy atom. The summed E-state index contributed by atoms with van der Waals surface area (Å²) in [6, 6.07) is 8.54. The van der Waals surface area contributed by atoms with Gasteiger partial charge < -0.3 is 4.98 Å². The van der Waals surface area contributed by atoms with Crippen LogP contribution in [0, 0.1) is 3.95 Å². The molecule has 1 aromatic heterocycles. The van der Waals surface area contributed by atoms with Gasteiger partial charge in [-0.3, -0.25) is 0 Å². The Morgan fingerprint density at radius 2 is 2.14 bits per heavy atom. The van der Waals surface area contributed by atoms with E-state index in [1.807, 2.05) is 0 Å². The summed E-state index contributed by atoms with van der Waals surface area (Å²) >= 11 is 6.87. The molecule has 0 amide bonds. The number of thiazole rings is 1. The van der Waals surface area contributed by atoms with E-state index in [0.717, 1.165) is 3.95 Å². The largest absolute Gasteiger partial charge is 0.337 e. The monoisotopic (exact) mass is 219 g/mol. The number of hydrogen-bond donors (Lipinski definition) is 1. The van der Waals surface area contributed by atoms with Crippen LogP contribution < -0.4 is 0 Å². The molecule has 1 unspecified atom stereocenters. The lowest BCUT2D eigenvalue weighted by molar-refractivity contribution is 0.979.